The molecular weight excluding hydrogens is 336 g/mol. The van der Waals surface area contributed by atoms with Gasteiger partial charge in [0.05, 0.1) is 29.5 Å². The Balaban J connectivity index is 1.49. The second-order valence-corrected chi connectivity index (χ2v) is 6.53. The average Bonchev–Trinajstić information content (AvgIpc) is 3.29. The van der Waals surface area contributed by atoms with Gasteiger partial charge in [0.1, 0.15) is 0 Å². The van der Waals surface area contributed by atoms with Gasteiger partial charge in [0.2, 0.25) is 0 Å². The first-order chi connectivity index (χ1) is 12.2. The second kappa shape index (κ2) is 6.45. The predicted molar refractivity (Wildman–Crippen MR) is 95.3 cm³/mol. The van der Waals surface area contributed by atoms with Crippen molar-refractivity contribution in [3.8, 4) is 10.8 Å². The fraction of sp³-hybridized carbons (Fsp3) is 0.111. The third kappa shape index (κ3) is 3.14. The maximum atomic E-state index is 12.4. The molecule has 0 saturated heterocycles. The van der Waals surface area contributed by atoms with Crippen LogP contribution in [-0.2, 0) is 6.54 Å². The zero-order valence-corrected chi connectivity index (χ0v) is 14.2. The second-order valence-electron chi connectivity index (χ2n) is 5.45. The van der Waals surface area contributed by atoms with Gasteiger partial charge in [0.15, 0.2) is 10.8 Å². The van der Waals surface area contributed by atoms with Gasteiger partial charge in [0.25, 0.3) is 5.91 Å². The summed E-state index contributed by atoms with van der Waals surface area (Å²) in [4.78, 5) is 26.3. The molecule has 3 aromatic heterocycles. The largest absolute Gasteiger partial charge is 0.462 e. The van der Waals surface area contributed by atoms with Crippen LogP contribution >= 0.6 is 11.3 Å². The number of fused-ring (bicyclic) bond motifs is 1. The normalized spacial score (nSPS) is 10.9. The monoisotopic (exact) mass is 350 g/mol. The molecule has 0 aliphatic carbocycles. The van der Waals surface area contributed by atoms with E-state index in [1.54, 1.807) is 36.9 Å². The number of aromatic nitrogens is 3. The van der Waals surface area contributed by atoms with Gasteiger partial charge in [-0.1, -0.05) is 0 Å². The van der Waals surface area contributed by atoms with E-state index in [0.29, 0.717) is 17.6 Å². The minimum Gasteiger partial charge on any atom is -0.462 e. The fourth-order valence-electron chi connectivity index (χ4n) is 2.46. The van der Waals surface area contributed by atoms with Crippen LogP contribution in [0.1, 0.15) is 20.9 Å². The molecule has 4 aromatic rings. The third-order valence-electron chi connectivity index (χ3n) is 3.77. The highest BCUT2D eigenvalue weighted by Gasteiger charge is 2.13. The number of thiazole rings is 1. The first-order valence-electron chi connectivity index (χ1n) is 7.70. The maximum Gasteiger partial charge on any atom is 0.251 e. The van der Waals surface area contributed by atoms with Gasteiger partial charge in [0, 0.05) is 22.8 Å². The van der Waals surface area contributed by atoms with E-state index in [9.17, 15) is 4.79 Å². The Morgan fingerprint density at radius 2 is 2.04 bits per heavy atom. The molecule has 0 aliphatic rings. The molecule has 3 heterocycles. The summed E-state index contributed by atoms with van der Waals surface area (Å²) < 4.78 is 5.37. The van der Waals surface area contributed by atoms with E-state index in [1.165, 1.54) is 11.3 Å². The smallest absolute Gasteiger partial charge is 0.251 e. The van der Waals surface area contributed by atoms with Gasteiger partial charge in [-0.05, 0) is 37.3 Å². The lowest BCUT2D eigenvalue weighted by Crippen LogP contribution is -2.22. The summed E-state index contributed by atoms with van der Waals surface area (Å²) in [5.41, 5.74) is 2.91. The molecular formula is C18H14N4O2S. The molecule has 4 rings (SSSR count). The summed E-state index contributed by atoms with van der Waals surface area (Å²) in [5, 5.41) is 3.74. The SMILES string of the molecule is Cc1nc(-c2ccco2)sc1CNC(=O)c1ccc2nccnc2c1. The Bertz CT molecular complexity index is 1040. The highest BCUT2D eigenvalue weighted by molar-refractivity contribution is 7.15. The molecule has 0 atom stereocenters. The number of benzene rings is 1. The molecule has 6 nitrogen and oxygen atoms in total. The topological polar surface area (TPSA) is 80.9 Å². The zero-order chi connectivity index (χ0) is 17.2. The molecule has 1 aromatic carbocycles. The molecule has 7 heteroatoms. The van der Waals surface area contributed by atoms with Crippen LogP contribution in [-0.4, -0.2) is 20.9 Å². The number of hydrogen-bond donors (Lipinski definition) is 1. The molecule has 0 unspecified atom stereocenters. The van der Waals surface area contributed by atoms with Crippen LogP contribution in [0.2, 0.25) is 0 Å². The number of nitrogens with zero attached hydrogens (tertiary/aromatic N) is 3. The van der Waals surface area contributed by atoms with Crippen molar-refractivity contribution in [1.82, 2.24) is 20.3 Å². The van der Waals surface area contributed by atoms with E-state index in [4.69, 9.17) is 4.42 Å². The van der Waals surface area contributed by atoms with E-state index in [2.05, 4.69) is 20.3 Å². The van der Waals surface area contributed by atoms with Crippen LogP contribution < -0.4 is 5.32 Å². The summed E-state index contributed by atoms with van der Waals surface area (Å²) >= 11 is 1.52. The van der Waals surface area contributed by atoms with E-state index < -0.39 is 0 Å². The zero-order valence-electron chi connectivity index (χ0n) is 13.4. The van der Waals surface area contributed by atoms with Crippen molar-refractivity contribution in [2.75, 3.05) is 0 Å². The molecule has 1 N–H and O–H groups in total. The van der Waals surface area contributed by atoms with E-state index in [1.807, 2.05) is 19.1 Å². The van der Waals surface area contributed by atoms with Gasteiger partial charge in [-0.3, -0.25) is 14.8 Å². The summed E-state index contributed by atoms with van der Waals surface area (Å²) in [6, 6.07) is 8.99. The highest BCUT2D eigenvalue weighted by Crippen LogP contribution is 2.28. The van der Waals surface area contributed by atoms with Crippen LogP contribution in [0.5, 0.6) is 0 Å². The lowest BCUT2D eigenvalue weighted by molar-refractivity contribution is 0.0951. The Kier molecular flexibility index (Phi) is 3.99. The maximum absolute atomic E-state index is 12.4. The van der Waals surface area contributed by atoms with Crippen molar-refractivity contribution < 1.29 is 9.21 Å². The number of nitrogens with one attached hydrogen (secondary N) is 1. The van der Waals surface area contributed by atoms with Crippen molar-refractivity contribution in [1.29, 1.82) is 0 Å². The summed E-state index contributed by atoms with van der Waals surface area (Å²) in [7, 11) is 0. The van der Waals surface area contributed by atoms with Crippen LogP contribution in [0.4, 0.5) is 0 Å². The van der Waals surface area contributed by atoms with E-state index in [-0.39, 0.29) is 5.91 Å². The minimum absolute atomic E-state index is 0.153. The number of amides is 1. The van der Waals surface area contributed by atoms with E-state index in [0.717, 1.165) is 26.9 Å². The molecule has 0 spiro atoms. The number of rotatable bonds is 4. The number of aryl methyl sites for hydroxylation is 1. The Hall–Kier alpha value is -3.06. The van der Waals surface area contributed by atoms with Crippen molar-refractivity contribution in [3.63, 3.8) is 0 Å². The van der Waals surface area contributed by atoms with Gasteiger partial charge >= 0.3 is 0 Å². The van der Waals surface area contributed by atoms with E-state index >= 15 is 0 Å². The van der Waals surface area contributed by atoms with Crippen LogP contribution in [0.3, 0.4) is 0 Å². The van der Waals surface area contributed by atoms with Crippen molar-refractivity contribution in [3.05, 3.63) is 65.1 Å². The third-order valence-corrected chi connectivity index (χ3v) is 4.94. The molecule has 1 amide bonds. The minimum atomic E-state index is -0.153. The number of carbonyl (C=O) groups is 1. The van der Waals surface area contributed by atoms with Crippen LogP contribution in [0.25, 0.3) is 21.8 Å². The van der Waals surface area contributed by atoms with Crippen molar-refractivity contribution >= 4 is 28.3 Å². The van der Waals surface area contributed by atoms with Crippen molar-refractivity contribution in [2.24, 2.45) is 0 Å². The van der Waals surface area contributed by atoms with Crippen molar-refractivity contribution in [2.45, 2.75) is 13.5 Å². The summed E-state index contributed by atoms with van der Waals surface area (Å²) in [6.07, 6.45) is 4.86. The number of carbonyl (C=O) groups excluding carboxylic acids is 1. The summed E-state index contributed by atoms with van der Waals surface area (Å²) in [5.74, 6) is 0.582. The van der Waals surface area contributed by atoms with Crippen LogP contribution in [0, 0.1) is 6.92 Å². The number of furan rings is 1. The Morgan fingerprint density at radius 3 is 2.84 bits per heavy atom. The van der Waals surface area contributed by atoms with Gasteiger partial charge in [-0.25, -0.2) is 4.98 Å². The van der Waals surface area contributed by atoms with Gasteiger partial charge in [-0.2, -0.15) is 0 Å². The molecule has 0 bridgehead atoms. The molecule has 0 aliphatic heterocycles. The first-order valence-corrected chi connectivity index (χ1v) is 8.51. The van der Waals surface area contributed by atoms with Gasteiger partial charge in [-0.15, -0.1) is 11.3 Å². The quantitative estimate of drug-likeness (QED) is 0.608. The Labute approximate surface area is 147 Å². The lowest BCUT2D eigenvalue weighted by atomic mass is 10.2. The number of hydrogen-bond acceptors (Lipinski definition) is 6. The average molecular weight is 350 g/mol. The molecule has 0 fully saturated rings. The van der Waals surface area contributed by atoms with Gasteiger partial charge < -0.3 is 9.73 Å². The molecule has 124 valence electrons. The van der Waals surface area contributed by atoms with Crippen LogP contribution in [0.15, 0.2) is 53.4 Å². The molecule has 0 saturated carbocycles. The Morgan fingerprint density at radius 1 is 1.20 bits per heavy atom. The standard InChI is InChI=1S/C18H14N4O2S/c1-11-16(25-18(22-11)15-3-2-8-24-15)10-21-17(23)12-4-5-13-14(9-12)20-7-6-19-13/h2-9H,10H2,1H3,(H,21,23). The molecule has 0 radical (unpaired) electrons. The fourth-order valence-corrected chi connectivity index (χ4v) is 3.44. The molecule has 25 heavy (non-hydrogen) atoms. The lowest BCUT2D eigenvalue weighted by Gasteiger charge is -2.05. The highest BCUT2D eigenvalue weighted by atomic mass is 32.1. The summed E-state index contributed by atoms with van der Waals surface area (Å²) in [6.45, 7) is 2.34. The first kappa shape index (κ1) is 15.5. The predicted octanol–water partition coefficient (Wildman–Crippen LogP) is 3.58.